The van der Waals surface area contributed by atoms with Crippen molar-refractivity contribution in [1.82, 2.24) is 24.8 Å². The highest BCUT2D eigenvalue weighted by Gasteiger charge is 2.28. The van der Waals surface area contributed by atoms with Gasteiger partial charge in [-0.05, 0) is 47.9 Å². The summed E-state index contributed by atoms with van der Waals surface area (Å²) < 4.78 is 2.02. The zero-order valence-corrected chi connectivity index (χ0v) is 21.8. The zero-order chi connectivity index (χ0) is 25.9. The Kier molecular flexibility index (Phi) is 6.92. The molecule has 2 N–H and O–H groups in total. The minimum absolute atomic E-state index is 0.219. The van der Waals surface area contributed by atoms with Gasteiger partial charge >= 0.3 is 0 Å². The number of fused-ring (bicyclic) bond motifs is 3. The zero-order valence-electron chi connectivity index (χ0n) is 21.8. The molecule has 4 aromatic rings. The van der Waals surface area contributed by atoms with Crippen molar-refractivity contribution < 1.29 is 0 Å². The molecule has 38 heavy (non-hydrogen) atoms. The number of piperidine rings is 1. The predicted molar refractivity (Wildman–Crippen MR) is 155 cm³/mol. The topological polar surface area (TPSA) is 70.9 Å². The number of benzene rings is 2. The molecule has 1 aliphatic heterocycles. The fourth-order valence-electron chi connectivity index (χ4n) is 5.82. The van der Waals surface area contributed by atoms with E-state index in [-0.39, 0.29) is 6.04 Å². The molecular formula is C31H35N7. The van der Waals surface area contributed by atoms with Gasteiger partial charge in [-0.2, -0.15) is 9.97 Å². The number of rotatable bonds is 8. The largest absolute Gasteiger partial charge is 0.365 e. The number of hydrogen-bond acceptors (Lipinski definition) is 6. The molecule has 0 atom stereocenters. The highest BCUT2D eigenvalue weighted by molar-refractivity contribution is 5.84. The van der Waals surface area contributed by atoms with Gasteiger partial charge in [0.25, 0.3) is 0 Å². The molecular weight excluding hydrogens is 470 g/mol. The molecule has 1 saturated heterocycles. The van der Waals surface area contributed by atoms with Crippen LogP contribution < -0.4 is 15.5 Å². The van der Waals surface area contributed by atoms with E-state index in [1.807, 2.05) is 23.0 Å². The lowest BCUT2D eigenvalue weighted by Gasteiger charge is -2.35. The van der Waals surface area contributed by atoms with Gasteiger partial charge in [0.05, 0.1) is 12.4 Å². The third-order valence-electron chi connectivity index (χ3n) is 7.77. The number of anilines is 2. The molecule has 0 bridgehead atoms. The minimum Gasteiger partial charge on any atom is -0.365 e. The van der Waals surface area contributed by atoms with Crippen LogP contribution in [0.25, 0.3) is 11.2 Å². The van der Waals surface area contributed by atoms with Crippen LogP contribution in [0.2, 0.25) is 0 Å². The monoisotopic (exact) mass is 505 g/mol. The third-order valence-corrected chi connectivity index (χ3v) is 7.77. The average Bonchev–Trinajstić information content (AvgIpc) is 3.30. The first kappa shape index (κ1) is 24.4. The van der Waals surface area contributed by atoms with E-state index in [2.05, 4.69) is 82.2 Å². The summed E-state index contributed by atoms with van der Waals surface area (Å²) in [7, 11) is 0. The molecule has 7 nitrogen and oxygen atoms in total. The average molecular weight is 506 g/mol. The van der Waals surface area contributed by atoms with E-state index in [9.17, 15) is 0 Å². The number of imidazole rings is 1. The summed E-state index contributed by atoms with van der Waals surface area (Å²) in [6, 6.07) is 18.5. The summed E-state index contributed by atoms with van der Waals surface area (Å²) in [6.45, 7) is 10.8. The maximum absolute atomic E-state index is 4.94. The Morgan fingerprint density at radius 2 is 1.58 bits per heavy atom. The van der Waals surface area contributed by atoms with Crippen LogP contribution in [0.1, 0.15) is 41.1 Å². The van der Waals surface area contributed by atoms with E-state index < -0.39 is 0 Å². The van der Waals surface area contributed by atoms with Crippen molar-refractivity contribution in [2.75, 3.05) is 29.9 Å². The summed E-state index contributed by atoms with van der Waals surface area (Å²) in [5, 5.41) is 7.41. The molecule has 3 heterocycles. The highest BCUT2D eigenvalue weighted by atomic mass is 15.3. The second-order valence-electron chi connectivity index (χ2n) is 10.2. The molecule has 7 heteroatoms. The molecule has 0 spiro atoms. The second kappa shape index (κ2) is 10.8. The van der Waals surface area contributed by atoms with Gasteiger partial charge in [0.2, 0.25) is 5.95 Å². The van der Waals surface area contributed by atoms with E-state index in [1.54, 1.807) is 0 Å². The Bertz CT molecular complexity index is 1400. The quantitative estimate of drug-likeness (QED) is 0.326. The van der Waals surface area contributed by atoms with Gasteiger partial charge in [-0.1, -0.05) is 60.7 Å². The number of aromatic nitrogens is 4. The number of aryl methyl sites for hydroxylation is 2. The first-order chi connectivity index (χ1) is 18.7. The molecule has 2 aliphatic rings. The van der Waals surface area contributed by atoms with Gasteiger partial charge in [0.1, 0.15) is 0 Å². The summed E-state index contributed by atoms with van der Waals surface area (Å²) in [5.41, 5.74) is 7.35. The third kappa shape index (κ3) is 4.70. The van der Waals surface area contributed by atoms with E-state index in [0.29, 0.717) is 19.1 Å². The smallest absolute Gasteiger partial charge is 0.229 e. The van der Waals surface area contributed by atoms with Gasteiger partial charge in [0, 0.05) is 32.2 Å². The van der Waals surface area contributed by atoms with Gasteiger partial charge in [-0.25, -0.2) is 4.98 Å². The number of nitrogens with zero attached hydrogens (tertiary/aromatic N) is 5. The van der Waals surface area contributed by atoms with Crippen molar-refractivity contribution in [3.8, 4) is 0 Å². The molecule has 2 aromatic carbocycles. The van der Waals surface area contributed by atoms with Gasteiger partial charge in [-0.15, -0.1) is 13.2 Å². The summed E-state index contributed by atoms with van der Waals surface area (Å²) in [5.74, 6) is 1.50. The number of hydrogen-bond donors (Lipinski definition) is 2. The molecule has 0 radical (unpaired) electrons. The van der Waals surface area contributed by atoms with Crippen LogP contribution in [0, 0.1) is 0 Å². The van der Waals surface area contributed by atoms with Crippen molar-refractivity contribution in [2.45, 2.75) is 44.3 Å². The molecule has 2 aromatic heterocycles. The van der Waals surface area contributed by atoms with Gasteiger partial charge in [-0.3, -0.25) is 0 Å². The van der Waals surface area contributed by atoms with E-state index in [1.165, 1.54) is 22.3 Å². The molecule has 0 saturated carbocycles. The van der Waals surface area contributed by atoms with Crippen LogP contribution >= 0.6 is 0 Å². The predicted octanol–water partition coefficient (Wildman–Crippen LogP) is 5.06. The van der Waals surface area contributed by atoms with Crippen LogP contribution in [0.3, 0.4) is 0 Å². The molecule has 1 fully saturated rings. The van der Waals surface area contributed by atoms with Crippen molar-refractivity contribution >= 4 is 22.9 Å². The molecule has 0 amide bonds. The standard InChI is InChI=1S/C31H35N7/c1-3-17-32-29-28-30(38(18-4-2)21-33-28)36-31(35-29)37-19-15-24(16-20-37)34-27-25-11-7-5-9-22(25)13-14-23-10-6-8-12-26(23)27/h3-12,21,24,27,34H,1-2,13-20H2,(H,32,35,36). The maximum atomic E-state index is 4.94. The first-order valence-corrected chi connectivity index (χ1v) is 13.6. The van der Waals surface area contributed by atoms with Crippen molar-refractivity contribution in [2.24, 2.45) is 0 Å². The summed E-state index contributed by atoms with van der Waals surface area (Å²) >= 11 is 0. The summed E-state index contributed by atoms with van der Waals surface area (Å²) in [6.07, 6.45) is 9.74. The van der Waals surface area contributed by atoms with Crippen molar-refractivity contribution in [1.29, 1.82) is 0 Å². The number of nitrogens with one attached hydrogen (secondary N) is 2. The molecule has 0 unspecified atom stereocenters. The normalized spacial score (nSPS) is 16.1. The Morgan fingerprint density at radius 3 is 2.24 bits per heavy atom. The Morgan fingerprint density at radius 1 is 0.895 bits per heavy atom. The lowest BCUT2D eigenvalue weighted by atomic mass is 9.92. The Hall–Kier alpha value is -3.97. The van der Waals surface area contributed by atoms with Crippen LogP contribution in [0.4, 0.5) is 11.8 Å². The lowest BCUT2D eigenvalue weighted by molar-refractivity contribution is 0.388. The minimum atomic E-state index is 0.219. The SMILES string of the molecule is C=CCNc1nc(N2CCC(NC3c4ccccc4CCc4ccccc43)CC2)nc2c1ncn2CC=C. The highest BCUT2D eigenvalue weighted by Crippen LogP contribution is 2.34. The molecule has 194 valence electrons. The fourth-order valence-corrected chi connectivity index (χ4v) is 5.82. The van der Waals surface area contributed by atoms with Crippen molar-refractivity contribution in [3.63, 3.8) is 0 Å². The first-order valence-electron chi connectivity index (χ1n) is 13.6. The maximum Gasteiger partial charge on any atom is 0.229 e. The molecule has 6 rings (SSSR count). The van der Waals surface area contributed by atoms with Gasteiger partial charge in [0.15, 0.2) is 17.0 Å². The Balaban J connectivity index is 1.23. The van der Waals surface area contributed by atoms with E-state index in [0.717, 1.165) is 61.7 Å². The van der Waals surface area contributed by atoms with Gasteiger partial charge < -0.3 is 20.1 Å². The van der Waals surface area contributed by atoms with Crippen LogP contribution in [0.15, 0.2) is 80.2 Å². The molecule has 1 aliphatic carbocycles. The fraction of sp³-hybridized carbons (Fsp3) is 0.323. The van der Waals surface area contributed by atoms with Crippen LogP contribution in [-0.4, -0.2) is 45.2 Å². The lowest BCUT2D eigenvalue weighted by Crippen LogP contribution is -2.44. The summed E-state index contributed by atoms with van der Waals surface area (Å²) in [4.78, 5) is 16.7. The number of allylic oxidation sites excluding steroid dienone is 1. The second-order valence-corrected chi connectivity index (χ2v) is 10.2. The van der Waals surface area contributed by atoms with E-state index >= 15 is 0 Å². The Labute approximate surface area is 224 Å². The van der Waals surface area contributed by atoms with Crippen molar-refractivity contribution in [3.05, 3.63) is 102 Å². The van der Waals surface area contributed by atoms with E-state index in [4.69, 9.17) is 9.97 Å². The van der Waals surface area contributed by atoms with Crippen LogP contribution in [0.5, 0.6) is 0 Å². The van der Waals surface area contributed by atoms with Crippen LogP contribution in [-0.2, 0) is 19.4 Å².